The molecule has 2 saturated heterocycles. The van der Waals surface area contributed by atoms with Gasteiger partial charge < -0.3 is 15.5 Å². The van der Waals surface area contributed by atoms with Crippen molar-refractivity contribution in [3.8, 4) is 0 Å². The van der Waals surface area contributed by atoms with Gasteiger partial charge in [-0.3, -0.25) is 4.99 Å². The topological polar surface area (TPSA) is 44.9 Å². The van der Waals surface area contributed by atoms with E-state index in [1.807, 2.05) is 0 Å². The summed E-state index contributed by atoms with van der Waals surface area (Å²) >= 11 is 0. The molecule has 2 rings (SSSR count). The van der Waals surface area contributed by atoms with Crippen LogP contribution in [0.3, 0.4) is 0 Å². The summed E-state index contributed by atoms with van der Waals surface area (Å²) in [5.41, 5.74) is 6.07. The maximum atomic E-state index is 6.07. The van der Waals surface area contributed by atoms with E-state index in [0.29, 0.717) is 5.92 Å². The number of rotatable bonds is 4. The quantitative estimate of drug-likeness (QED) is 0.462. The van der Waals surface area contributed by atoms with Gasteiger partial charge in [0, 0.05) is 26.2 Å². The van der Waals surface area contributed by atoms with Crippen molar-refractivity contribution in [2.24, 2.45) is 16.6 Å². The van der Waals surface area contributed by atoms with Crippen molar-refractivity contribution in [2.75, 3.05) is 39.3 Å². The third kappa shape index (κ3) is 5.85. The third-order valence-corrected chi connectivity index (χ3v) is 4.01. The van der Waals surface area contributed by atoms with Crippen LogP contribution in [-0.4, -0.2) is 55.0 Å². The summed E-state index contributed by atoms with van der Waals surface area (Å²) < 4.78 is 0. The number of halogens is 1. The monoisotopic (exact) mass is 380 g/mol. The molecule has 2 fully saturated rings. The fraction of sp³-hybridized carbons (Fsp3) is 0.929. The van der Waals surface area contributed by atoms with Gasteiger partial charge in [-0.25, -0.2) is 0 Å². The standard InChI is InChI=1S/C14H28N4.HI/c1-13(12-17-7-5-6-8-17)11-16-14(15)18-9-3-2-4-10-18;/h13H,2-12H2,1H3,(H2,15,16);1H. The maximum absolute atomic E-state index is 6.07. The molecule has 0 aromatic rings. The Morgan fingerprint density at radius 1 is 1.05 bits per heavy atom. The summed E-state index contributed by atoms with van der Waals surface area (Å²) in [6.45, 7) is 9.07. The van der Waals surface area contributed by atoms with E-state index in [1.54, 1.807) is 0 Å². The van der Waals surface area contributed by atoms with Gasteiger partial charge in [0.15, 0.2) is 5.96 Å². The molecule has 4 nitrogen and oxygen atoms in total. The molecular weight excluding hydrogens is 351 g/mol. The van der Waals surface area contributed by atoms with Gasteiger partial charge in [-0.2, -0.15) is 0 Å². The van der Waals surface area contributed by atoms with Crippen LogP contribution in [0.15, 0.2) is 4.99 Å². The second-order valence-corrected chi connectivity index (χ2v) is 5.86. The van der Waals surface area contributed by atoms with Crippen LogP contribution >= 0.6 is 24.0 Å². The molecule has 2 aliphatic heterocycles. The van der Waals surface area contributed by atoms with Gasteiger partial charge in [0.25, 0.3) is 0 Å². The molecule has 0 bridgehead atoms. The zero-order chi connectivity index (χ0) is 12.8. The van der Waals surface area contributed by atoms with Crippen LogP contribution in [0.1, 0.15) is 39.0 Å². The van der Waals surface area contributed by atoms with Crippen molar-refractivity contribution in [1.29, 1.82) is 0 Å². The highest BCUT2D eigenvalue weighted by atomic mass is 127. The minimum atomic E-state index is 0. The molecule has 2 aliphatic rings. The largest absolute Gasteiger partial charge is 0.370 e. The highest BCUT2D eigenvalue weighted by Gasteiger charge is 2.15. The summed E-state index contributed by atoms with van der Waals surface area (Å²) in [5, 5.41) is 0. The van der Waals surface area contributed by atoms with Gasteiger partial charge in [0.1, 0.15) is 0 Å². The first-order valence-electron chi connectivity index (χ1n) is 7.53. The van der Waals surface area contributed by atoms with Crippen LogP contribution in [0.4, 0.5) is 0 Å². The molecule has 0 aliphatic carbocycles. The predicted octanol–water partition coefficient (Wildman–Crippen LogP) is 2.14. The second-order valence-electron chi connectivity index (χ2n) is 5.86. The van der Waals surface area contributed by atoms with Gasteiger partial charge in [-0.15, -0.1) is 24.0 Å². The van der Waals surface area contributed by atoms with Crippen molar-refractivity contribution < 1.29 is 0 Å². The summed E-state index contributed by atoms with van der Waals surface area (Å²) in [6, 6.07) is 0. The first-order valence-corrected chi connectivity index (χ1v) is 7.53. The van der Waals surface area contributed by atoms with Crippen LogP contribution < -0.4 is 5.73 Å². The Hall–Kier alpha value is -0.0400. The fourth-order valence-corrected chi connectivity index (χ4v) is 2.94. The summed E-state index contributed by atoms with van der Waals surface area (Å²) in [5.74, 6) is 1.38. The number of nitrogens with two attached hydrogens (primary N) is 1. The average molecular weight is 380 g/mol. The number of piperidine rings is 1. The van der Waals surface area contributed by atoms with Crippen LogP contribution in [0.2, 0.25) is 0 Å². The molecule has 2 N–H and O–H groups in total. The molecule has 112 valence electrons. The van der Waals surface area contributed by atoms with E-state index < -0.39 is 0 Å². The Morgan fingerprint density at radius 2 is 1.63 bits per heavy atom. The van der Waals surface area contributed by atoms with Gasteiger partial charge in [0.2, 0.25) is 0 Å². The third-order valence-electron chi connectivity index (χ3n) is 4.01. The number of aliphatic imine (C=N–C) groups is 1. The Labute approximate surface area is 134 Å². The molecule has 0 radical (unpaired) electrons. The van der Waals surface area contributed by atoms with Crippen molar-refractivity contribution in [2.45, 2.75) is 39.0 Å². The summed E-state index contributed by atoms with van der Waals surface area (Å²) in [6.07, 6.45) is 6.60. The Morgan fingerprint density at radius 3 is 2.26 bits per heavy atom. The minimum Gasteiger partial charge on any atom is -0.370 e. The number of nitrogens with zero attached hydrogens (tertiary/aromatic N) is 3. The zero-order valence-corrected chi connectivity index (χ0v) is 14.5. The second kappa shape index (κ2) is 9.00. The zero-order valence-electron chi connectivity index (χ0n) is 12.2. The Balaban J connectivity index is 0.00000180. The number of hydrogen-bond acceptors (Lipinski definition) is 2. The molecule has 1 atom stereocenters. The van der Waals surface area contributed by atoms with Crippen molar-refractivity contribution in [3.05, 3.63) is 0 Å². The summed E-state index contributed by atoms with van der Waals surface area (Å²) in [4.78, 5) is 9.38. The Kier molecular flexibility index (Phi) is 8.06. The van der Waals surface area contributed by atoms with E-state index in [4.69, 9.17) is 5.73 Å². The van der Waals surface area contributed by atoms with Gasteiger partial charge >= 0.3 is 0 Å². The van der Waals surface area contributed by atoms with Gasteiger partial charge in [-0.1, -0.05) is 6.92 Å². The molecular formula is C14H29IN4. The average Bonchev–Trinajstić information content (AvgIpc) is 2.90. The highest BCUT2D eigenvalue weighted by Crippen LogP contribution is 2.11. The van der Waals surface area contributed by atoms with Crippen molar-refractivity contribution in [3.63, 3.8) is 0 Å². The van der Waals surface area contributed by atoms with Crippen molar-refractivity contribution >= 4 is 29.9 Å². The molecule has 0 spiro atoms. The van der Waals surface area contributed by atoms with E-state index in [2.05, 4.69) is 21.7 Å². The molecule has 5 heteroatoms. The number of likely N-dealkylation sites (tertiary alicyclic amines) is 2. The number of guanidine groups is 1. The van der Waals surface area contributed by atoms with Crippen LogP contribution in [0.5, 0.6) is 0 Å². The van der Waals surface area contributed by atoms with Crippen molar-refractivity contribution in [1.82, 2.24) is 9.80 Å². The first kappa shape index (κ1) is 17.0. The lowest BCUT2D eigenvalue weighted by Crippen LogP contribution is -2.41. The molecule has 0 saturated carbocycles. The van der Waals surface area contributed by atoms with E-state index >= 15 is 0 Å². The normalized spacial score (nSPS) is 23.2. The lowest BCUT2D eigenvalue weighted by Gasteiger charge is -2.28. The predicted molar refractivity (Wildman–Crippen MR) is 92.2 cm³/mol. The summed E-state index contributed by atoms with van der Waals surface area (Å²) in [7, 11) is 0. The van der Waals surface area contributed by atoms with Gasteiger partial charge in [0.05, 0.1) is 0 Å². The molecule has 0 aromatic heterocycles. The van der Waals surface area contributed by atoms with E-state index in [9.17, 15) is 0 Å². The van der Waals surface area contributed by atoms with Gasteiger partial charge in [-0.05, 0) is 51.1 Å². The molecule has 2 heterocycles. The van der Waals surface area contributed by atoms with Crippen LogP contribution in [0.25, 0.3) is 0 Å². The lowest BCUT2D eigenvalue weighted by atomic mass is 10.1. The first-order chi connectivity index (χ1) is 8.75. The van der Waals surface area contributed by atoms with Crippen LogP contribution in [-0.2, 0) is 0 Å². The minimum absolute atomic E-state index is 0. The Bertz CT molecular complexity index is 271. The molecule has 1 unspecified atom stereocenters. The molecule has 0 aromatic carbocycles. The smallest absolute Gasteiger partial charge is 0.191 e. The molecule has 0 amide bonds. The van der Waals surface area contributed by atoms with E-state index in [-0.39, 0.29) is 24.0 Å². The highest BCUT2D eigenvalue weighted by molar-refractivity contribution is 14.0. The molecule has 19 heavy (non-hydrogen) atoms. The van der Waals surface area contributed by atoms with E-state index in [1.165, 1.54) is 51.7 Å². The van der Waals surface area contributed by atoms with E-state index in [0.717, 1.165) is 25.6 Å². The fourth-order valence-electron chi connectivity index (χ4n) is 2.94. The maximum Gasteiger partial charge on any atom is 0.191 e. The lowest BCUT2D eigenvalue weighted by molar-refractivity contribution is 0.290. The van der Waals surface area contributed by atoms with Crippen LogP contribution in [0, 0.1) is 5.92 Å². The SMILES string of the molecule is CC(CN=C(N)N1CCCCC1)CN1CCCC1.I. The number of hydrogen-bond donors (Lipinski definition) is 1.